The first-order valence-corrected chi connectivity index (χ1v) is 5.93. The van der Waals surface area contributed by atoms with Crippen LogP contribution in [0.3, 0.4) is 0 Å². The second-order valence-electron chi connectivity index (χ2n) is 4.35. The molecular formula is C12H18N4O2. The fourth-order valence-corrected chi connectivity index (χ4v) is 1.55. The monoisotopic (exact) mass is 250 g/mol. The summed E-state index contributed by atoms with van der Waals surface area (Å²) in [6.45, 7) is 5.34. The van der Waals surface area contributed by atoms with Crippen molar-refractivity contribution >= 4 is 0 Å². The fraction of sp³-hybridized carbons (Fsp3) is 0.583. The third-order valence-corrected chi connectivity index (χ3v) is 3.17. The standard InChI is InChI=1S/C12H18N4O2/c1-4-9(2)15(3)5-6-16-8-10(7-13)11(17)14-12(16)18/h8-9H,4-6H2,1-3H3,(H,14,17,18). The molecule has 18 heavy (non-hydrogen) atoms. The normalized spacial score (nSPS) is 12.4. The minimum absolute atomic E-state index is 0.0409. The van der Waals surface area contributed by atoms with Crippen molar-refractivity contribution in [2.24, 2.45) is 0 Å². The highest BCUT2D eigenvalue weighted by atomic mass is 16.2. The topological polar surface area (TPSA) is 81.9 Å². The smallest absolute Gasteiger partial charge is 0.302 e. The van der Waals surface area contributed by atoms with Crippen LogP contribution in [0.15, 0.2) is 15.8 Å². The highest BCUT2D eigenvalue weighted by Gasteiger charge is 2.08. The van der Waals surface area contributed by atoms with E-state index in [4.69, 9.17) is 5.26 Å². The van der Waals surface area contributed by atoms with E-state index >= 15 is 0 Å². The summed E-state index contributed by atoms with van der Waals surface area (Å²) < 4.78 is 1.36. The molecule has 0 fully saturated rings. The predicted molar refractivity (Wildman–Crippen MR) is 68.4 cm³/mol. The van der Waals surface area contributed by atoms with Crippen LogP contribution in [0.4, 0.5) is 0 Å². The van der Waals surface area contributed by atoms with Crippen molar-refractivity contribution in [1.82, 2.24) is 14.5 Å². The summed E-state index contributed by atoms with van der Waals surface area (Å²) in [5.41, 5.74) is -1.15. The Labute approximate surface area is 105 Å². The van der Waals surface area contributed by atoms with Crippen molar-refractivity contribution in [3.8, 4) is 6.07 Å². The molecule has 0 aliphatic rings. The van der Waals surface area contributed by atoms with E-state index in [1.54, 1.807) is 6.07 Å². The number of rotatable bonds is 5. The van der Waals surface area contributed by atoms with E-state index in [1.165, 1.54) is 10.8 Å². The van der Waals surface area contributed by atoms with Crippen LogP contribution in [0.2, 0.25) is 0 Å². The summed E-state index contributed by atoms with van der Waals surface area (Å²) in [7, 11) is 1.98. The van der Waals surface area contributed by atoms with Gasteiger partial charge in [0.15, 0.2) is 0 Å². The molecule has 0 bridgehead atoms. The number of H-pyrrole nitrogens is 1. The molecular weight excluding hydrogens is 232 g/mol. The Bertz CT molecular complexity index is 552. The van der Waals surface area contributed by atoms with Crippen LogP contribution in [-0.2, 0) is 6.54 Å². The maximum absolute atomic E-state index is 11.5. The second-order valence-corrected chi connectivity index (χ2v) is 4.35. The van der Waals surface area contributed by atoms with Gasteiger partial charge in [-0.15, -0.1) is 0 Å². The summed E-state index contributed by atoms with van der Waals surface area (Å²) in [4.78, 5) is 27.0. The number of hydrogen-bond acceptors (Lipinski definition) is 4. The zero-order valence-electron chi connectivity index (χ0n) is 10.9. The zero-order chi connectivity index (χ0) is 13.7. The number of aromatic nitrogens is 2. The summed E-state index contributed by atoms with van der Waals surface area (Å²) in [5.74, 6) is 0. The van der Waals surface area contributed by atoms with Crippen LogP contribution in [-0.4, -0.2) is 34.1 Å². The van der Waals surface area contributed by atoms with Crippen LogP contribution in [0.1, 0.15) is 25.8 Å². The summed E-state index contributed by atoms with van der Waals surface area (Å²) in [5, 5.41) is 8.74. The van der Waals surface area contributed by atoms with Crippen molar-refractivity contribution < 1.29 is 0 Å². The van der Waals surface area contributed by atoms with Crippen molar-refractivity contribution in [2.75, 3.05) is 13.6 Å². The van der Waals surface area contributed by atoms with Gasteiger partial charge in [-0.25, -0.2) is 4.79 Å². The number of hydrogen-bond donors (Lipinski definition) is 1. The maximum atomic E-state index is 11.5. The van der Waals surface area contributed by atoms with E-state index in [0.29, 0.717) is 19.1 Å². The molecule has 1 aromatic rings. The van der Waals surface area contributed by atoms with Gasteiger partial charge in [0.2, 0.25) is 0 Å². The van der Waals surface area contributed by atoms with Crippen LogP contribution in [0.5, 0.6) is 0 Å². The van der Waals surface area contributed by atoms with Crippen LogP contribution in [0, 0.1) is 11.3 Å². The van der Waals surface area contributed by atoms with E-state index in [-0.39, 0.29) is 5.56 Å². The molecule has 1 aromatic heterocycles. The Morgan fingerprint density at radius 1 is 1.56 bits per heavy atom. The first-order valence-electron chi connectivity index (χ1n) is 5.93. The average Bonchev–Trinajstić information content (AvgIpc) is 2.36. The zero-order valence-corrected chi connectivity index (χ0v) is 10.9. The van der Waals surface area contributed by atoms with Crippen molar-refractivity contribution in [2.45, 2.75) is 32.9 Å². The van der Waals surface area contributed by atoms with E-state index in [9.17, 15) is 9.59 Å². The van der Waals surface area contributed by atoms with Gasteiger partial charge in [0, 0.05) is 25.3 Å². The summed E-state index contributed by atoms with van der Waals surface area (Å²) in [6.07, 6.45) is 2.34. The van der Waals surface area contributed by atoms with Gasteiger partial charge in [0.05, 0.1) is 0 Å². The number of likely N-dealkylation sites (N-methyl/N-ethyl adjacent to an activating group) is 1. The molecule has 1 N–H and O–H groups in total. The highest BCUT2D eigenvalue weighted by molar-refractivity contribution is 5.21. The molecule has 0 aromatic carbocycles. The number of aromatic amines is 1. The quantitative estimate of drug-likeness (QED) is 0.805. The van der Waals surface area contributed by atoms with Crippen molar-refractivity contribution in [3.05, 3.63) is 32.6 Å². The molecule has 6 nitrogen and oxygen atoms in total. The summed E-state index contributed by atoms with van der Waals surface area (Å²) in [6, 6.07) is 2.20. The molecule has 1 heterocycles. The molecule has 0 spiro atoms. The van der Waals surface area contributed by atoms with Crippen molar-refractivity contribution in [3.63, 3.8) is 0 Å². The second kappa shape index (κ2) is 6.17. The maximum Gasteiger partial charge on any atom is 0.328 e. The minimum Gasteiger partial charge on any atom is -0.302 e. The van der Waals surface area contributed by atoms with E-state index in [0.717, 1.165) is 6.42 Å². The molecule has 0 saturated heterocycles. The van der Waals surface area contributed by atoms with E-state index < -0.39 is 11.2 Å². The molecule has 0 saturated carbocycles. The molecule has 1 rings (SSSR count). The first-order chi connectivity index (χ1) is 8.49. The van der Waals surface area contributed by atoms with Crippen molar-refractivity contribution in [1.29, 1.82) is 5.26 Å². The minimum atomic E-state index is -0.631. The van der Waals surface area contributed by atoms with Crippen LogP contribution in [0.25, 0.3) is 0 Å². The average molecular weight is 250 g/mol. The first kappa shape index (κ1) is 14.2. The lowest BCUT2D eigenvalue weighted by Crippen LogP contribution is -2.36. The summed E-state index contributed by atoms with van der Waals surface area (Å²) >= 11 is 0. The Morgan fingerprint density at radius 2 is 2.22 bits per heavy atom. The molecule has 0 amide bonds. The Morgan fingerprint density at radius 3 is 2.78 bits per heavy atom. The lowest BCUT2D eigenvalue weighted by molar-refractivity contribution is 0.241. The third kappa shape index (κ3) is 3.31. The molecule has 6 heteroatoms. The molecule has 0 radical (unpaired) electrons. The predicted octanol–water partition coefficient (Wildman–Crippen LogP) is 0.139. The molecule has 1 atom stereocenters. The lowest BCUT2D eigenvalue weighted by Gasteiger charge is -2.23. The third-order valence-electron chi connectivity index (χ3n) is 3.17. The van der Waals surface area contributed by atoms with Gasteiger partial charge in [-0.2, -0.15) is 5.26 Å². The van der Waals surface area contributed by atoms with Crippen LogP contribution < -0.4 is 11.2 Å². The Balaban J connectivity index is 2.84. The van der Waals surface area contributed by atoms with E-state index in [1.807, 2.05) is 7.05 Å². The highest BCUT2D eigenvalue weighted by Crippen LogP contribution is 1.99. The molecule has 98 valence electrons. The number of nitriles is 1. The number of nitrogens with one attached hydrogen (secondary N) is 1. The Hall–Kier alpha value is -1.87. The lowest BCUT2D eigenvalue weighted by atomic mass is 10.2. The van der Waals surface area contributed by atoms with Crippen LogP contribution >= 0.6 is 0 Å². The fourth-order valence-electron chi connectivity index (χ4n) is 1.55. The Kier molecular flexibility index (Phi) is 4.86. The molecule has 1 unspecified atom stereocenters. The van der Waals surface area contributed by atoms with E-state index in [2.05, 4.69) is 23.7 Å². The van der Waals surface area contributed by atoms with Gasteiger partial charge in [0.1, 0.15) is 11.6 Å². The van der Waals surface area contributed by atoms with Gasteiger partial charge in [0.25, 0.3) is 5.56 Å². The van der Waals surface area contributed by atoms with Gasteiger partial charge >= 0.3 is 5.69 Å². The number of nitrogens with zero attached hydrogens (tertiary/aromatic N) is 3. The van der Waals surface area contributed by atoms with Gasteiger partial charge in [-0.05, 0) is 20.4 Å². The SMILES string of the molecule is CCC(C)N(C)CCn1cc(C#N)c(=O)[nH]c1=O. The molecule has 0 aliphatic carbocycles. The van der Waals surface area contributed by atoms with Gasteiger partial charge in [-0.1, -0.05) is 6.92 Å². The largest absolute Gasteiger partial charge is 0.328 e. The van der Waals surface area contributed by atoms with Gasteiger partial charge < -0.3 is 4.90 Å². The van der Waals surface area contributed by atoms with Gasteiger partial charge in [-0.3, -0.25) is 14.3 Å². The molecule has 0 aliphatic heterocycles.